The van der Waals surface area contributed by atoms with Crippen LogP contribution in [0.25, 0.3) is 0 Å². The summed E-state index contributed by atoms with van der Waals surface area (Å²) in [5, 5.41) is 3.32. The summed E-state index contributed by atoms with van der Waals surface area (Å²) in [6, 6.07) is 16.8. The number of nitrogens with one attached hydrogen (secondary N) is 1. The SMILES string of the molecule is CSCc1ccc(CN=C(N)NC2CCOc3ccccc32)cc1.I. The molecule has 25 heavy (non-hydrogen) atoms. The molecule has 0 bridgehead atoms. The molecule has 1 aliphatic heterocycles. The number of nitrogens with zero attached hydrogens (tertiary/aromatic N) is 1. The first kappa shape index (κ1) is 19.9. The lowest BCUT2D eigenvalue weighted by Crippen LogP contribution is -2.37. The molecule has 0 saturated carbocycles. The van der Waals surface area contributed by atoms with Gasteiger partial charge in [0.05, 0.1) is 19.2 Å². The molecular formula is C19H24IN3OS. The van der Waals surface area contributed by atoms with Gasteiger partial charge in [0, 0.05) is 17.7 Å². The van der Waals surface area contributed by atoms with Crippen molar-refractivity contribution in [3.05, 3.63) is 65.2 Å². The second kappa shape index (κ2) is 9.91. The van der Waals surface area contributed by atoms with Gasteiger partial charge in [-0.15, -0.1) is 24.0 Å². The zero-order valence-corrected chi connectivity index (χ0v) is 17.4. The van der Waals surface area contributed by atoms with Crippen LogP contribution in [0.2, 0.25) is 0 Å². The average molecular weight is 469 g/mol. The molecule has 3 N–H and O–H groups in total. The highest BCUT2D eigenvalue weighted by Crippen LogP contribution is 2.31. The largest absolute Gasteiger partial charge is 0.493 e. The molecular weight excluding hydrogens is 445 g/mol. The summed E-state index contributed by atoms with van der Waals surface area (Å²) in [6.07, 6.45) is 3.00. The Labute approximate surface area is 170 Å². The maximum absolute atomic E-state index is 6.08. The van der Waals surface area contributed by atoms with E-state index in [4.69, 9.17) is 10.5 Å². The Balaban J connectivity index is 0.00000225. The van der Waals surface area contributed by atoms with Crippen LogP contribution in [0, 0.1) is 0 Å². The predicted octanol–water partition coefficient (Wildman–Crippen LogP) is 4.10. The third-order valence-electron chi connectivity index (χ3n) is 4.05. The van der Waals surface area contributed by atoms with E-state index in [1.807, 2.05) is 30.0 Å². The van der Waals surface area contributed by atoms with Crippen molar-refractivity contribution in [3.63, 3.8) is 0 Å². The van der Waals surface area contributed by atoms with E-state index in [9.17, 15) is 0 Å². The average Bonchev–Trinajstić information content (AvgIpc) is 2.62. The molecule has 0 saturated heterocycles. The highest BCUT2D eigenvalue weighted by molar-refractivity contribution is 14.0. The molecule has 6 heteroatoms. The van der Waals surface area contributed by atoms with Crippen LogP contribution in [0.5, 0.6) is 5.75 Å². The summed E-state index contributed by atoms with van der Waals surface area (Å²) in [7, 11) is 0. The maximum atomic E-state index is 6.08. The minimum absolute atomic E-state index is 0. The van der Waals surface area contributed by atoms with E-state index >= 15 is 0 Å². The number of fused-ring (bicyclic) bond motifs is 1. The third kappa shape index (κ3) is 5.54. The zero-order chi connectivity index (χ0) is 16.8. The van der Waals surface area contributed by atoms with Gasteiger partial charge in [-0.3, -0.25) is 0 Å². The minimum atomic E-state index is 0. The third-order valence-corrected chi connectivity index (χ3v) is 4.67. The smallest absolute Gasteiger partial charge is 0.189 e. The number of rotatable bonds is 5. The molecule has 4 nitrogen and oxygen atoms in total. The topological polar surface area (TPSA) is 59.6 Å². The molecule has 1 unspecified atom stereocenters. The fraction of sp³-hybridized carbons (Fsp3) is 0.316. The van der Waals surface area contributed by atoms with E-state index < -0.39 is 0 Å². The molecule has 1 heterocycles. The van der Waals surface area contributed by atoms with Gasteiger partial charge in [-0.05, 0) is 23.4 Å². The first-order valence-corrected chi connectivity index (χ1v) is 9.50. The molecule has 0 amide bonds. The summed E-state index contributed by atoms with van der Waals surface area (Å²) < 4.78 is 5.67. The van der Waals surface area contributed by atoms with Crippen molar-refractivity contribution in [2.45, 2.75) is 24.8 Å². The lowest BCUT2D eigenvalue weighted by molar-refractivity contribution is 0.262. The predicted molar refractivity (Wildman–Crippen MR) is 117 cm³/mol. The number of nitrogens with two attached hydrogens (primary N) is 1. The lowest BCUT2D eigenvalue weighted by atomic mass is 10.0. The van der Waals surface area contributed by atoms with Crippen LogP contribution in [0.3, 0.4) is 0 Å². The van der Waals surface area contributed by atoms with E-state index in [0.29, 0.717) is 19.1 Å². The highest BCUT2D eigenvalue weighted by atomic mass is 127. The van der Waals surface area contributed by atoms with Gasteiger partial charge in [-0.2, -0.15) is 11.8 Å². The second-order valence-corrected chi connectivity index (χ2v) is 6.69. The Morgan fingerprint density at radius 3 is 2.68 bits per heavy atom. The maximum Gasteiger partial charge on any atom is 0.189 e. The number of hydrogen-bond acceptors (Lipinski definition) is 3. The Morgan fingerprint density at radius 1 is 1.20 bits per heavy atom. The van der Waals surface area contributed by atoms with Crippen molar-refractivity contribution in [2.24, 2.45) is 10.7 Å². The molecule has 3 rings (SSSR count). The van der Waals surface area contributed by atoms with Crippen LogP contribution in [-0.2, 0) is 12.3 Å². The van der Waals surface area contributed by atoms with Gasteiger partial charge in [-0.1, -0.05) is 42.5 Å². The fourth-order valence-corrected chi connectivity index (χ4v) is 3.33. The number of thioether (sulfide) groups is 1. The lowest BCUT2D eigenvalue weighted by Gasteiger charge is -2.26. The first-order valence-electron chi connectivity index (χ1n) is 8.11. The van der Waals surface area contributed by atoms with Gasteiger partial charge in [0.2, 0.25) is 0 Å². The van der Waals surface area contributed by atoms with Gasteiger partial charge in [0.15, 0.2) is 5.96 Å². The van der Waals surface area contributed by atoms with E-state index in [1.165, 1.54) is 5.56 Å². The fourth-order valence-electron chi connectivity index (χ4n) is 2.80. The molecule has 2 aromatic rings. The molecule has 1 aliphatic rings. The molecule has 0 spiro atoms. The van der Waals surface area contributed by atoms with Crippen LogP contribution in [0.1, 0.15) is 29.2 Å². The van der Waals surface area contributed by atoms with E-state index in [-0.39, 0.29) is 30.0 Å². The monoisotopic (exact) mass is 469 g/mol. The van der Waals surface area contributed by atoms with Gasteiger partial charge < -0.3 is 15.8 Å². The molecule has 0 fully saturated rings. The summed E-state index contributed by atoms with van der Waals surface area (Å²) in [4.78, 5) is 4.47. The van der Waals surface area contributed by atoms with E-state index in [1.54, 1.807) is 0 Å². The van der Waals surface area contributed by atoms with Gasteiger partial charge in [-0.25, -0.2) is 4.99 Å². The number of ether oxygens (including phenoxy) is 1. The Hall–Kier alpha value is -1.41. The number of halogens is 1. The first-order chi connectivity index (χ1) is 11.8. The normalized spacial score (nSPS) is 16.4. The highest BCUT2D eigenvalue weighted by Gasteiger charge is 2.21. The minimum Gasteiger partial charge on any atom is -0.493 e. The molecule has 0 aromatic heterocycles. The molecule has 0 aliphatic carbocycles. The molecule has 1 atom stereocenters. The molecule has 2 aromatic carbocycles. The van der Waals surface area contributed by atoms with Crippen LogP contribution < -0.4 is 15.8 Å². The summed E-state index contributed by atoms with van der Waals surface area (Å²) in [5.41, 5.74) is 9.72. The summed E-state index contributed by atoms with van der Waals surface area (Å²) in [6.45, 7) is 1.28. The Bertz CT molecular complexity index is 706. The van der Waals surface area contributed by atoms with Crippen molar-refractivity contribution in [2.75, 3.05) is 12.9 Å². The number of para-hydroxylation sites is 1. The van der Waals surface area contributed by atoms with Gasteiger partial charge in [0.25, 0.3) is 0 Å². The van der Waals surface area contributed by atoms with Crippen molar-refractivity contribution in [1.82, 2.24) is 5.32 Å². The standard InChI is InChI=1S/C19H23N3OS.HI/c1-24-13-15-8-6-14(7-9-15)12-21-19(20)22-17-10-11-23-18-5-3-2-4-16(17)18;/h2-9,17H,10-13H2,1H3,(H3,20,21,22);1H. The van der Waals surface area contributed by atoms with Crippen molar-refractivity contribution >= 4 is 41.7 Å². The van der Waals surface area contributed by atoms with E-state index in [2.05, 4.69) is 46.9 Å². The van der Waals surface area contributed by atoms with Crippen LogP contribution in [0.4, 0.5) is 0 Å². The number of guanidine groups is 1. The number of hydrogen-bond donors (Lipinski definition) is 2. The van der Waals surface area contributed by atoms with Gasteiger partial charge in [0.1, 0.15) is 5.75 Å². The Kier molecular flexibility index (Phi) is 7.90. The summed E-state index contributed by atoms with van der Waals surface area (Å²) >= 11 is 1.82. The van der Waals surface area contributed by atoms with Crippen molar-refractivity contribution in [3.8, 4) is 5.75 Å². The quantitative estimate of drug-likeness (QED) is 0.394. The van der Waals surface area contributed by atoms with Crippen molar-refractivity contribution < 1.29 is 4.74 Å². The van der Waals surface area contributed by atoms with E-state index in [0.717, 1.165) is 29.1 Å². The summed E-state index contributed by atoms with van der Waals surface area (Å²) in [5.74, 6) is 2.44. The van der Waals surface area contributed by atoms with Crippen LogP contribution >= 0.6 is 35.7 Å². The number of aliphatic imine (C=N–C) groups is 1. The molecule has 134 valence electrons. The zero-order valence-electron chi connectivity index (χ0n) is 14.3. The van der Waals surface area contributed by atoms with Crippen LogP contribution in [0.15, 0.2) is 53.5 Å². The molecule has 0 radical (unpaired) electrons. The van der Waals surface area contributed by atoms with Crippen molar-refractivity contribution in [1.29, 1.82) is 0 Å². The second-order valence-electron chi connectivity index (χ2n) is 5.82. The number of benzene rings is 2. The van der Waals surface area contributed by atoms with Crippen LogP contribution in [-0.4, -0.2) is 18.8 Å². The van der Waals surface area contributed by atoms with Gasteiger partial charge >= 0.3 is 0 Å². The Morgan fingerprint density at radius 2 is 1.92 bits per heavy atom.